The summed E-state index contributed by atoms with van der Waals surface area (Å²) < 4.78 is 11.0. The lowest BCUT2D eigenvalue weighted by Gasteiger charge is -2.33. The smallest absolute Gasteiger partial charge is 0.275 e. The zero-order chi connectivity index (χ0) is 21.5. The monoisotopic (exact) mass is 424 g/mol. The minimum Gasteiger partial charge on any atom is -0.447 e. The number of methoxy groups -OCH3 is 1. The van der Waals surface area contributed by atoms with Gasteiger partial charge in [-0.25, -0.2) is 4.98 Å². The second-order valence-electron chi connectivity index (χ2n) is 8.27. The van der Waals surface area contributed by atoms with Gasteiger partial charge in [0.2, 0.25) is 5.89 Å². The summed E-state index contributed by atoms with van der Waals surface area (Å²) in [6.45, 7) is 6.93. The van der Waals surface area contributed by atoms with Crippen LogP contribution in [-0.4, -0.2) is 84.6 Å². The molecule has 0 N–H and O–H groups in total. The number of carbonyl (C=O) groups is 1. The Hall–Kier alpha value is -2.48. The second-order valence-corrected chi connectivity index (χ2v) is 8.27. The number of rotatable bonds is 7. The van der Waals surface area contributed by atoms with Crippen molar-refractivity contribution < 1.29 is 13.9 Å². The second kappa shape index (κ2) is 10.7. The summed E-state index contributed by atoms with van der Waals surface area (Å²) in [4.78, 5) is 23.8. The van der Waals surface area contributed by atoms with Gasteiger partial charge in [0.25, 0.3) is 5.91 Å². The molecular weight excluding hydrogens is 392 g/mol. The predicted molar refractivity (Wildman–Crippen MR) is 120 cm³/mol. The number of hydrogen-bond acceptors (Lipinski definition) is 6. The van der Waals surface area contributed by atoms with Crippen molar-refractivity contribution in [2.75, 3.05) is 52.9 Å². The third-order valence-corrected chi connectivity index (χ3v) is 6.07. The molecule has 1 unspecified atom stereocenters. The first-order valence-corrected chi connectivity index (χ1v) is 11.1. The Kier molecular flexibility index (Phi) is 7.51. The van der Waals surface area contributed by atoms with Gasteiger partial charge in [0.1, 0.15) is 6.26 Å². The highest BCUT2D eigenvalue weighted by Gasteiger charge is 2.26. The molecule has 1 aromatic heterocycles. The molecule has 7 nitrogen and oxygen atoms in total. The minimum atomic E-state index is -0.0632. The van der Waals surface area contributed by atoms with E-state index in [4.69, 9.17) is 9.15 Å². The maximum absolute atomic E-state index is 12.7. The van der Waals surface area contributed by atoms with E-state index in [9.17, 15) is 4.79 Å². The molecule has 3 heterocycles. The summed E-state index contributed by atoms with van der Waals surface area (Å²) in [6, 6.07) is 10.4. The highest BCUT2D eigenvalue weighted by atomic mass is 16.5. The highest BCUT2D eigenvalue weighted by molar-refractivity contribution is 5.92. The van der Waals surface area contributed by atoms with Crippen molar-refractivity contribution in [3.63, 3.8) is 0 Å². The van der Waals surface area contributed by atoms with Gasteiger partial charge in [-0.3, -0.25) is 14.6 Å². The Morgan fingerprint density at radius 1 is 1.16 bits per heavy atom. The summed E-state index contributed by atoms with van der Waals surface area (Å²) in [6.07, 6.45) is 7.97. The van der Waals surface area contributed by atoms with Crippen molar-refractivity contribution in [3.8, 4) is 0 Å². The zero-order valence-electron chi connectivity index (χ0n) is 18.3. The van der Waals surface area contributed by atoms with Gasteiger partial charge in [-0.1, -0.05) is 42.5 Å². The number of aromatic nitrogens is 1. The fraction of sp³-hybridized carbons (Fsp3) is 0.500. The van der Waals surface area contributed by atoms with Gasteiger partial charge < -0.3 is 14.1 Å². The van der Waals surface area contributed by atoms with Crippen LogP contribution in [0.2, 0.25) is 0 Å². The molecule has 0 spiro atoms. The van der Waals surface area contributed by atoms with Gasteiger partial charge in [0, 0.05) is 52.9 Å². The van der Waals surface area contributed by atoms with Gasteiger partial charge in [-0.15, -0.1) is 0 Å². The van der Waals surface area contributed by atoms with E-state index in [2.05, 4.69) is 51.2 Å². The van der Waals surface area contributed by atoms with Crippen LogP contribution in [0.4, 0.5) is 0 Å². The van der Waals surface area contributed by atoms with Crippen molar-refractivity contribution in [2.24, 2.45) is 0 Å². The molecular formula is C24H32N4O3. The predicted octanol–water partition coefficient (Wildman–Crippen LogP) is 2.76. The number of ether oxygens (including phenoxy) is 1. The number of hydrogen-bond donors (Lipinski definition) is 0. The maximum atomic E-state index is 12.7. The van der Waals surface area contributed by atoms with Crippen LogP contribution in [-0.2, 0) is 11.3 Å². The average Bonchev–Trinajstić information content (AvgIpc) is 3.29. The lowest BCUT2D eigenvalue weighted by Crippen LogP contribution is -2.45. The average molecular weight is 425 g/mol. The molecule has 1 aromatic carbocycles. The maximum Gasteiger partial charge on any atom is 0.275 e. The van der Waals surface area contributed by atoms with Crippen molar-refractivity contribution in [1.82, 2.24) is 19.7 Å². The third kappa shape index (κ3) is 6.03. The first-order chi connectivity index (χ1) is 15.2. The molecule has 0 aliphatic carbocycles. The number of carbonyl (C=O) groups excluding carboxylic acids is 1. The van der Waals surface area contributed by atoms with E-state index < -0.39 is 0 Å². The van der Waals surface area contributed by atoms with Crippen LogP contribution >= 0.6 is 0 Å². The molecule has 7 heteroatoms. The van der Waals surface area contributed by atoms with E-state index in [0.717, 1.165) is 52.1 Å². The zero-order valence-corrected chi connectivity index (χ0v) is 18.3. The van der Waals surface area contributed by atoms with Crippen molar-refractivity contribution in [2.45, 2.75) is 25.5 Å². The lowest BCUT2D eigenvalue weighted by molar-refractivity contribution is 0.0265. The van der Waals surface area contributed by atoms with Gasteiger partial charge in [-0.2, -0.15) is 0 Å². The summed E-state index contributed by atoms with van der Waals surface area (Å²) in [5, 5.41) is 0. The lowest BCUT2D eigenvalue weighted by atomic mass is 10.1. The van der Waals surface area contributed by atoms with Crippen LogP contribution in [0.15, 0.2) is 47.1 Å². The molecule has 0 saturated carbocycles. The molecule has 31 heavy (non-hydrogen) atoms. The molecule has 1 atom stereocenters. The molecule has 0 radical (unpaired) electrons. The Labute approximate surface area is 184 Å². The number of piperidine rings is 1. The van der Waals surface area contributed by atoms with Gasteiger partial charge >= 0.3 is 0 Å². The van der Waals surface area contributed by atoms with E-state index >= 15 is 0 Å². The third-order valence-electron chi connectivity index (χ3n) is 6.07. The number of likely N-dealkylation sites (tertiary alicyclic amines) is 1. The molecule has 2 aliphatic heterocycles. The molecule has 4 rings (SSSR count). The standard InChI is InChI=1S/C24H32N4O3/c1-30-21-10-6-12-28(17-21)24(29)22-19-31-23(25-22)18-27-15-13-26(14-16-27)11-5-9-20-7-3-2-4-8-20/h2-5,7-9,19,21H,6,10-18H2,1H3. The van der Waals surface area contributed by atoms with Crippen LogP contribution in [0.1, 0.15) is 34.8 Å². The summed E-state index contributed by atoms with van der Waals surface area (Å²) in [7, 11) is 1.70. The fourth-order valence-corrected chi connectivity index (χ4v) is 4.18. The van der Waals surface area contributed by atoms with E-state index in [1.807, 2.05) is 11.0 Å². The largest absolute Gasteiger partial charge is 0.447 e. The highest BCUT2D eigenvalue weighted by Crippen LogP contribution is 2.16. The molecule has 2 aliphatic rings. The molecule has 2 fully saturated rings. The summed E-state index contributed by atoms with van der Waals surface area (Å²) >= 11 is 0. The van der Waals surface area contributed by atoms with Crippen LogP contribution in [0.3, 0.4) is 0 Å². The van der Waals surface area contributed by atoms with Gasteiger partial charge in [0.15, 0.2) is 5.69 Å². The first kappa shape index (κ1) is 21.7. The summed E-state index contributed by atoms with van der Waals surface area (Å²) in [5.41, 5.74) is 1.63. The normalized spacial score (nSPS) is 21.1. The molecule has 1 amide bonds. The molecule has 2 saturated heterocycles. The Balaban J connectivity index is 1.22. The van der Waals surface area contributed by atoms with Gasteiger partial charge in [0.05, 0.1) is 12.6 Å². The Morgan fingerprint density at radius 2 is 1.94 bits per heavy atom. The number of piperazine rings is 1. The quantitative estimate of drug-likeness (QED) is 0.681. The number of oxazole rings is 1. The number of amides is 1. The SMILES string of the molecule is COC1CCCN(C(=O)c2coc(CN3CCN(CC=Cc4ccccc4)CC3)n2)C1. The van der Waals surface area contributed by atoms with Crippen molar-refractivity contribution >= 4 is 12.0 Å². The van der Waals surface area contributed by atoms with E-state index in [1.165, 1.54) is 11.8 Å². The van der Waals surface area contributed by atoms with Crippen LogP contribution < -0.4 is 0 Å². The number of benzene rings is 1. The van der Waals surface area contributed by atoms with E-state index in [1.54, 1.807) is 7.11 Å². The fourth-order valence-electron chi connectivity index (χ4n) is 4.18. The van der Waals surface area contributed by atoms with E-state index in [-0.39, 0.29) is 12.0 Å². The van der Waals surface area contributed by atoms with Crippen LogP contribution in [0, 0.1) is 0 Å². The topological polar surface area (TPSA) is 62.1 Å². The molecule has 0 bridgehead atoms. The molecule has 2 aromatic rings. The van der Waals surface area contributed by atoms with Crippen molar-refractivity contribution in [3.05, 3.63) is 59.8 Å². The summed E-state index contributed by atoms with van der Waals surface area (Å²) in [5.74, 6) is 0.549. The minimum absolute atomic E-state index is 0.0632. The number of nitrogens with zero attached hydrogens (tertiary/aromatic N) is 4. The Morgan fingerprint density at radius 3 is 2.71 bits per heavy atom. The first-order valence-electron chi connectivity index (χ1n) is 11.1. The van der Waals surface area contributed by atoms with Crippen LogP contribution in [0.25, 0.3) is 6.08 Å². The van der Waals surface area contributed by atoms with E-state index in [0.29, 0.717) is 24.7 Å². The van der Waals surface area contributed by atoms with Gasteiger partial charge in [-0.05, 0) is 18.4 Å². The Bertz CT molecular complexity index is 859. The molecule has 166 valence electrons. The van der Waals surface area contributed by atoms with Crippen molar-refractivity contribution in [1.29, 1.82) is 0 Å². The van der Waals surface area contributed by atoms with Crippen LogP contribution in [0.5, 0.6) is 0 Å².